The van der Waals surface area contributed by atoms with E-state index in [4.69, 9.17) is 0 Å². The Balaban J connectivity index is 1.23. The Hall–Kier alpha value is -2.60. The lowest BCUT2D eigenvalue weighted by molar-refractivity contribution is -0.120. The maximum atomic E-state index is 12.6. The molecule has 4 rings (SSSR count). The smallest absolute Gasteiger partial charge is 0.221 e. The van der Waals surface area contributed by atoms with Crippen molar-refractivity contribution in [2.75, 3.05) is 12.3 Å². The molecule has 5 nitrogen and oxygen atoms in total. The van der Waals surface area contributed by atoms with E-state index < -0.39 is 9.84 Å². The van der Waals surface area contributed by atoms with Gasteiger partial charge in [0.15, 0.2) is 9.84 Å². The van der Waals surface area contributed by atoms with E-state index >= 15 is 0 Å². The second kappa shape index (κ2) is 8.41. The number of hydrogen-bond donors (Lipinski definition) is 1. The number of sulfone groups is 1. The summed E-state index contributed by atoms with van der Waals surface area (Å²) in [4.78, 5) is 12.4. The third-order valence-electron chi connectivity index (χ3n) is 5.61. The fraction of sp³-hybridized carbons (Fsp3) is 0.348. The number of carbonyl (C=O) groups excluding carboxylic acids is 1. The molecule has 0 fully saturated rings. The van der Waals surface area contributed by atoms with Crippen LogP contribution in [0.15, 0.2) is 59.6 Å². The van der Waals surface area contributed by atoms with Gasteiger partial charge in [-0.1, -0.05) is 24.3 Å². The van der Waals surface area contributed by atoms with Crippen LogP contribution in [0.4, 0.5) is 0 Å². The monoisotopic (exact) mass is 410 g/mol. The third-order valence-corrected chi connectivity index (χ3v) is 7.32. The fourth-order valence-electron chi connectivity index (χ4n) is 3.99. The van der Waals surface area contributed by atoms with Crippen molar-refractivity contribution in [3.63, 3.8) is 0 Å². The van der Waals surface area contributed by atoms with E-state index in [1.165, 1.54) is 16.5 Å². The molecule has 1 N–H and O–H groups in total. The van der Waals surface area contributed by atoms with E-state index in [-0.39, 0.29) is 18.1 Å². The molecule has 29 heavy (non-hydrogen) atoms. The molecule has 0 atom stereocenters. The average Bonchev–Trinajstić information content (AvgIpc) is 3.36. The second-order valence-corrected chi connectivity index (χ2v) is 9.73. The van der Waals surface area contributed by atoms with Crippen LogP contribution in [-0.4, -0.2) is 31.2 Å². The van der Waals surface area contributed by atoms with Gasteiger partial charge in [-0.2, -0.15) is 0 Å². The van der Waals surface area contributed by atoms with E-state index in [1.54, 1.807) is 12.1 Å². The quantitative estimate of drug-likeness (QED) is 0.578. The van der Waals surface area contributed by atoms with Crippen molar-refractivity contribution in [1.29, 1.82) is 0 Å². The SMILES string of the molecule is O=C(CCS(=O)(=O)c1ccc2c(c1)CCC2)NCCCn1ccc2ccccc21. The van der Waals surface area contributed by atoms with E-state index in [2.05, 4.69) is 34.3 Å². The Morgan fingerprint density at radius 1 is 1.03 bits per heavy atom. The van der Waals surface area contributed by atoms with Crippen LogP contribution in [0.1, 0.15) is 30.4 Å². The molecular formula is C23H26N2O3S. The van der Waals surface area contributed by atoms with Gasteiger partial charge in [0.05, 0.1) is 10.6 Å². The standard InChI is InChI=1S/C23H26N2O3S/c26-23(24-13-4-14-25-15-11-19-5-1-2-8-22(19)25)12-16-29(27,28)21-10-9-18-6-3-7-20(18)17-21/h1-2,5,8-11,15,17H,3-4,6-7,12-14,16H2,(H,24,26). The first-order valence-electron chi connectivity index (χ1n) is 10.2. The zero-order chi connectivity index (χ0) is 20.3. The number of para-hydroxylation sites is 1. The maximum Gasteiger partial charge on any atom is 0.221 e. The number of carbonyl (C=O) groups is 1. The van der Waals surface area contributed by atoms with Crippen LogP contribution >= 0.6 is 0 Å². The summed E-state index contributed by atoms with van der Waals surface area (Å²) in [5.41, 5.74) is 3.56. The first-order chi connectivity index (χ1) is 14.0. The molecule has 0 bridgehead atoms. The summed E-state index contributed by atoms with van der Waals surface area (Å²) in [6, 6.07) is 15.7. The Bertz CT molecular complexity index is 1130. The minimum atomic E-state index is -3.43. The number of fused-ring (bicyclic) bond motifs is 2. The first kappa shape index (κ1) is 19.7. The van der Waals surface area contributed by atoms with Crippen molar-refractivity contribution in [2.45, 2.75) is 43.5 Å². The molecule has 2 aromatic carbocycles. The van der Waals surface area contributed by atoms with Crippen molar-refractivity contribution in [1.82, 2.24) is 9.88 Å². The summed E-state index contributed by atoms with van der Waals surface area (Å²) in [5, 5.41) is 4.04. The number of hydrogen-bond acceptors (Lipinski definition) is 3. The summed E-state index contributed by atoms with van der Waals surface area (Å²) < 4.78 is 27.3. The molecule has 1 aliphatic carbocycles. The molecule has 0 aliphatic heterocycles. The van der Waals surface area contributed by atoms with E-state index in [0.717, 1.165) is 37.8 Å². The normalized spacial score (nSPS) is 13.5. The van der Waals surface area contributed by atoms with Gasteiger partial charge >= 0.3 is 0 Å². The van der Waals surface area contributed by atoms with Gasteiger partial charge in [-0.05, 0) is 66.5 Å². The predicted octanol–water partition coefficient (Wildman–Crippen LogP) is 3.50. The summed E-state index contributed by atoms with van der Waals surface area (Å²) in [7, 11) is -3.43. The first-order valence-corrected chi connectivity index (χ1v) is 11.8. The highest BCUT2D eigenvalue weighted by molar-refractivity contribution is 7.91. The van der Waals surface area contributed by atoms with Crippen LogP contribution in [0.3, 0.4) is 0 Å². The lowest BCUT2D eigenvalue weighted by Gasteiger charge is -2.09. The Kier molecular flexibility index (Phi) is 5.72. The molecule has 1 heterocycles. The highest BCUT2D eigenvalue weighted by atomic mass is 32.2. The number of aromatic nitrogens is 1. The molecule has 6 heteroatoms. The zero-order valence-electron chi connectivity index (χ0n) is 16.4. The van der Waals surface area contributed by atoms with Crippen LogP contribution in [0.2, 0.25) is 0 Å². The van der Waals surface area contributed by atoms with Gasteiger partial charge in [-0.3, -0.25) is 4.79 Å². The highest BCUT2D eigenvalue weighted by Gasteiger charge is 2.19. The summed E-state index contributed by atoms with van der Waals surface area (Å²) in [6.45, 7) is 1.34. The van der Waals surface area contributed by atoms with Crippen LogP contribution in [-0.2, 0) is 34.0 Å². The summed E-state index contributed by atoms with van der Waals surface area (Å²) >= 11 is 0. The minimum absolute atomic E-state index is 0.00807. The molecule has 1 aliphatic rings. The highest BCUT2D eigenvalue weighted by Crippen LogP contribution is 2.25. The molecule has 1 amide bonds. The van der Waals surface area contributed by atoms with Gasteiger partial charge in [0, 0.05) is 31.2 Å². The largest absolute Gasteiger partial charge is 0.356 e. The van der Waals surface area contributed by atoms with Gasteiger partial charge in [-0.25, -0.2) is 8.42 Å². The zero-order valence-corrected chi connectivity index (χ0v) is 17.2. The molecule has 0 saturated heterocycles. The Labute approximate surface area is 171 Å². The molecule has 0 radical (unpaired) electrons. The van der Waals surface area contributed by atoms with E-state index in [1.807, 2.05) is 18.2 Å². The molecule has 0 saturated carbocycles. The second-order valence-electron chi connectivity index (χ2n) is 7.62. The molecular weight excluding hydrogens is 384 g/mol. The topological polar surface area (TPSA) is 68.2 Å². The number of nitrogens with one attached hydrogen (secondary N) is 1. The van der Waals surface area contributed by atoms with Gasteiger partial charge in [-0.15, -0.1) is 0 Å². The summed E-state index contributed by atoms with van der Waals surface area (Å²) in [6.07, 6.45) is 5.89. The number of aryl methyl sites for hydroxylation is 3. The molecule has 3 aromatic rings. The van der Waals surface area contributed by atoms with Crippen molar-refractivity contribution < 1.29 is 13.2 Å². The molecule has 1 aromatic heterocycles. The lowest BCUT2D eigenvalue weighted by Crippen LogP contribution is -2.27. The van der Waals surface area contributed by atoms with Crippen LogP contribution in [0, 0.1) is 0 Å². The van der Waals surface area contributed by atoms with E-state index in [0.29, 0.717) is 11.4 Å². The lowest BCUT2D eigenvalue weighted by atomic mass is 10.1. The van der Waals surface area contributed by atoms with Crippen LogP contribution in [0.25, 0.3) is 10.9 Å². The third kappa shape index (κ3) is 4.53. The predicted molar refractivity (Wildman–Crippen MR) is 115 cm³/mol. The van der Waals surface area contributed by atoms with Crippen molar-refractivity contribution in [2.24, 2.45) is 0 Å². The number of nitrogens with zero attached hydrogens (tertiary/aromatic N) is 1. The minimum Gasteiger partial charge on any atom is -0.356 e. The van der Waals surface area contributed by atoms with Crippen molar-refractivity contribution >= 4 is 26.6 Å². The van der Waals surface area contributed by atoms with Crippen molar-refractivity contribution in [3.05, 3.63) is 65.9 Å². The van der Waals surface area contributed by atoms with Crippen LogP contribution in [0.5, 0.6) is 0 Å². The summed E-state index contributed by atoms with van der Waals surface area (Å²) in [5.74, 6) is -0.369. The molecule has 152 valence electrons. The Morgan fingerprint density at radius 3 is 2.76 bits per heavy atom. The van der Waals surface area contributed by atoms with E-state index in [9.17, 15) is 13.2 Å². The van der Waals surface area contributed by atoms with Gasteiger partial charge < -0.3 is 9.88 Å². The molecule has 0 unspecified atom stereocenters. The number of benzene rings is 2. The molecule has 0 spiro atoms. The average molecular weight is 411 g/mol. The van der Waals surface area contributed by atoms with Gasteiger partial charge in [0.25, 0.3) is 0 Å². The van der Waals surface area contributed by atoms with Crippen LogP contribution < -0.4 is 5.32 Å². The van der Waals surface area contributed by atoms with Gasteiger partial charge in [0.2, 0.25) is 5.91 Å². The van der Waals surface area contributed by atoms with Gasteiger partial charge in [0.1, 0.15) is 0 Å². The number of amides is 1. The number of rotatable bonds is 8. The maximum absolute atomic E-state index is 12.6. The fourth-order valence-corrected chi connectivity index (χ4v) is 5.27. The Morgan fingerprint density at radius 2 is 1.86 bits per heavy atom. The van der Waals surface area contributed by atoms with Crippen molar-refractivity contribution in [3.8, 4) is 0 Å².